The van der Waals surface area contributed by atoms with Gasteiger partial charge in [0.1, 0.15) is 0 Å². The molecule has 1 aromatic heterocycles. The van der Waals surface area contributed by atoms with Crippen molar-refractivity contribution < 1.29 is 9.59 Å². The van der Waals surface area contributed by atoms with Gasteiger partial charge in [0.2, 0.25) is 5.91 Å². The van der Waals surface area contributed by atoms with Crippen molar-refractivity contribution in [3.63, 3.8) is 0 Å². The fourth-order valence-corrected chi connectivity index (χ4v) is 4.31. The summed E-state index contributed by atoms with van der Waals surface area (Å²) < 4.78 is 0. The van der Waals surface area contributed by atoms with E-state index in [1.54, 1.807) is 11.3 Å². The number of amides is 3. The van der Waals surface area contributed by atoms with E-state index in [1.807, 2.05) is 52.7 Å². The van der Waals surface area contributed by atoms with Crippen LogP contribution in [-0.4, -0.2) is 29.9 Å². The number of benzene rings is 2. The van der Waals surface area contributed by atoms with Crippen LogP contribution in [-0.2, 0) is 30.6 Å². The van der Waals surface area contributed by atoms with Crippen molar-refractivity contribution in [2.45, 2.75) is 25.8 Å². The van der Waals surface area contributed by atoms with Gasteiger partial charge in [-0.15, -0.1) is 11.3 Å². The summed E-state index contributed by atoms with van der Waals surface area (Å²) in [6.45, 7) is 1.99. The number of urea groups is 1. The zero-order valence-electron chi connectivity index (χ0n) is 16.8. The van der Waals surface area contributed by atoms with E-state index in [4.69, 9.17) is 0 Å². The molecule has 1 aliphatic rings. The Morgan fingerprint density at radius 3 is 2.53 bits per heavy atom. The van der Waals surface area contributed by atoms with Gasteiger partial charge in [-0.25, -0.2) is 4.79 Å². The fourth-order valence-electron chi connectivity index (χ4n) is 3.61. The molecule has 3 aromatic rings. The number of nitrogens with one attached hydrogen (secondary N) is 2. The lowest BCUT2D eigenvalue weighted by atomic mass is 10.0. The van der Waals surface area contributed by atoms with Crippen LogP contribution in [0.4, 0.5) is 10.5 Å². The van der Waals surface area contributed by atoms with Gasteiger partial charge in [0.05, 0.1) is 6.42 Å². The van der Waals surface area contributed by atoms with Crippen molar-refractivity contribution in [3.05, 3.63) is 87.6 Å². The second kappa shape index (κ2) is 9.59. The number of nitrogens with zero attached hydrogens (tertiary/aromatic N) is 1. The molecule has 0 saturated carbocycles. The molecule has 2 heterocycles. The fraction of sp³-hybridized carbons (Fsp3) is 0.250. The molecule has 1 aliphatic heterocycles. The Kier molecular flexibility index (Phi) is 6.44. The quantitative estimate of drug-likeness (QED) is 0.628. The molecular weight excluding hydrogens is 394 g/mol. The molecular formula is C24H25N3O2S. The topological polar surface area (TPSA) is 61.4 Å². The molecule has 0 aliphatic carbocycles. The molecule has 3 amide bonds. The lowest BCUT2D eigenvalue weighted by molar-refractivity contribution is -0.120. The Hall–Kier alpha value is -3.12. The maximum absolute atomic E-state index is 12.6. The second-order valence-electron chi connectivity index (χ2n) is 7.42. The van der Waals surface area contributed by atoms with Crippen molar-refractivity contribution in [1.82, 2.24) is 10.2 Å². The Bertz CT molecular complexity index is 1000. The van der Waals surface area contributed by atoms with Gasteiger partial charge in [0.25, 0.3) is 0 Å². The number of fused-ring (bicyclic) bond motifs is 1. The van der Waals surface area contributed by atoms with Crippen LogP contribution in [0.1, 0.15) is 21.6 Å². The van der Waals surface area contributed by atoms with Gasteiger partial charge in [0, 0.05) is 30.2 Å². The van der Waals surface area contributed by atoms with Crippen LogP contribution in [0.25, 0.3) is 0 Å². The van der Waals surface area contributed by atoms with E-state index in [0.717, 1.165) is 24.1 Å². The maximum Gasteiger partial charge on any atom is 0.322 e. The first-order chi connectivity index (χ1) is 14.7. The molecule has 0 unspecified atom stereocenters. The standard InChI is InChI=1S/C24H25N3O2S/c28-23(25-13-11-22-6-3-15-30-22)16-18-7-9-21(10-8-18)26-24(29)27-14-12-19-4-1-2-5-20(19)17-27/h1-10,15H,11-14,16-17H2,(H,25,28)(H,26,29). The van der Waals surface area contributed by atoms with Crippen LogP contribution in [0.5, 0.6) is 0 Å². The Morgan fingerprint density at radius 1 is 0.967 bits per heavy atom. The number of hydrogen-bond acceptors (Lipinski definition) is 3. The van der Waals surface area contributed by atoms with E-state index in [-0.39, 0.29) is 11.9 Å². The van der Waals surface area contributed by atoms with Crippen molar-refractivity contribution in [1.29, 1.82) is 0 Å². The third-order valence-corrected chi connectivity index (χ3v) is 6.20. The van der Waals surface area contributed by atoms with E-state index in [2.05, 4.69) is 28.8 Å². The van der Waals surface area contributed by atoms with Gasteiger partial charge in [-0.3, -0.25) is 4.79 Å². The summed E-state index contributed by atoms with van der Waals surface area (Å²) in [5.41, 5.74) is 4.19. The zero-order chi connectivity index (χ0) is 20.8. The molecule has 2 N–H and O–H groups in total. The molecule has 0 radical (unpaired) electrons. The number of rotatable bonds is 6. The minimum atomic E-state index is -0.0939. The molecule has 0 atom stereocenters. The van der Waals surface area contributed by atoms with Crippen LogP contribution in [0.2, 0.25) is 0 Å². The predicted octanol–water partition coefficient (Wildman–Crippen LogP) is 4.24. The molecule has 2 aromatic carbocycles. The Balaban J connectivity index is 1.24. The number of carbonyl (C=O) groups excluding carboxylic acids is 2. The molecule has 5 nitrogen and oxygen atoms in total. The first-order valence-corrected chi connectivity index (χ1v) is 11.1. The SMILES string of the molecule is O=C(Cc1ccc(NC(=O)N2CCc3ccccc3C2)cc1)NCCc1cccs1. The molecule has 6 heteroatoms. The lowest BCUT2D eigenvalue weighted by Gasteiger charge is -2.29. The summed E-state index contributed by atoms with van der Waals surface area (Å²) in [4.78, 5) is 27.8. The van der Waals surface area contributed by atoms with Gasteiger partial charge in [-0.2, -0.15) is 0 Å². The minimum absolute atomic E-state index is 0.00956. The first-order valence-electron chi connectivity index (χ1n) is 10.2. The van der Waals surface area contributed by atoms with E-state index in [0.29, 0.717) is 26.1 Å². The van der Waals surface area contributed by atoms with E-state index >= 15 is 0 Å². The van der Waals surface area contributed by atoms with Crippen LogP contribution in [0, 0.1) is 0 Å². The highest BCUT2D eigenvalue weighted by molar-refractivity contribution is 7.09. The van der Waals surface area contributed by atoms with Crippen molar-refractivity contribution in [3.8, 4) is 0 Å². The molecule has 0 bridgehead atoms. The third kappa shape index (κ3) is 5.27. The zero-order valence-corrected chi connectivity index (χ0v) is 17.6. The molecule has 154 valence electrons. The van der Waals surface area contributed by atoms with Gasteiger partial charge in [-0.05, 0) is 53.1 Å². The average molecular weight is 420 g/mol. The second-order valence-corrected chi connectivity index (χ2v) is 8.46. The van der Waals surface area contributed by atoms with Gasteiger partial charge >= 0.3 is 6.03 Å². The van der Waals surface area contributed by atoms with Crippen LogP contribution in [0.3, 0.4) is 0 Å². The number of hydrogen-bond donors (Lipinski definition) is 2. The van der Waals surface area contributed by atoms with Gasteiger partial charge < -0.3 is 15.5 Å². The number of anilines is 1. The summed E-state index contributed by atoms with van der Waals surface area (Å²) >= 11 is 1.70. The largest absolute Gasteiger partial charge is 0.355 e. The smallest absolute Gasteiger partial charge is 0.322 e. The summed E-state index contributed by atoms with van der Waals surface area (Å²) in [7, 11) is 0. The van der Waals surface area contributed by atoms with Crippen molar-refractivity contribution >= 4 is 29.0 Å². The van der Waals surface area contributed by atoms with Gasteiger partial charge in [-0.1, -0.05) is 42.5 Å². The summed E-state index contributed by atoms with van der Waals surface area (Å²) in [5, 5.41) is 7.96. The highest BCUT2D eigenvalue weighted by atomic mass is 32.1. The monoisotopic (exact) mass is 419 g/mol. The highest BCUT2D eigenvalue weighted by Crippen LogP contribution is 2.19. The lowest BCUT2D eigenvalue weighted by Crippen LogP contribution is -2.38. The third-order valence-electron chi connectivity index (χ3n) is 5.26. The molecule has 4 rings (SSSR count). The summed E-state index contributed by atoms with van der Waals surface area (Å²) in [6.07, 6.45) is 2.07. The average Bonchev–Trinajstić information content (AvgIpc) is 3.28. The van der Waals surface area contributed by atoms with Crippen LogP contribution in [0.15, 0.2) is 66.0 Å². The summed E-state index contributed by atoms with van der Waals surface area (Å²) in [6, 6.07) is 19.7. The van der Waals surface area contributed by atoms with E-state index in [9.17, 15) is 9.59 Å². The summed E-state index contributed by atoms with van der Waals surface area (Å²) in [5.74, 6) is 0.00956. The Labute approximate surface area is 180 Å². The minimum Gasteiger partial charge on any atom is -0.355 e. The molecule has 0 spiro atoms. The van der Waals surface area contributed by atoms with Crippen LogP contribution < -0.4 is 10.6 Å². The molecule has 0 saturated heterocycles. The first kappa shape index (κ1) is 20.2. The predicted molar refractivity (Wildman–Crippen MR) is 121 cm³/mol. The van der Waals surface area contributed by atoms with E-state index < -0.39 is 0 Å². The van der Waals surface area contributed by atoms with E-state index in [1.165, 1.54) is 16.0 Å². The Morgan fingerprint density at radius 2 is 1.77 bits per heavy atom. The van der Waals surface area contributed by atoms with Crippen LogP contribution >= 0.6 is 11.3 Å². The van der Waals surface area contributed by atoms with Crippen molar-refractivity contribution in [2.24, 2.45) is 0 Å². The number of carbonyl (C=O) groups is 2. The maximum atomic E-state index is 12.6. The highest BCUT2D eigenvalue weighted by Gasteiger charge is 2.20. The number of thiophene rings is 1. The van der Waals surface area contributed by atoms with Crippen molar-refractivity contribution in [2.75, 3.05) is 18.4 Å². The molecule has 0 fully saturated rings. The normalized spacial score (nSPS) is 12.9. The van der Waals surface area contributed by atoms with Gasteiger partial charge in [0.15, 0.2) is 0 Å². The molecule has 30 heavy (non-hydrogen) atoms.